The maximum Gasteiger partial charge on any atom is 0.356 e. The molecule has 0 aromatic heterocycles. The molecule has 1 aromatic rings. The maximum absolute atomic E-state index is 10.5. The van der Waals surface area contributed by atoms with Crippen LogP contribution in [0.2, 0.25) is 0 Å². The van der Waals surface area contributed by atoms with Crippen molar-refractivity contribution in [2.75, 3.05) is 0 Å². The largest absolute Gasteiger partial charge is 0.356 e. The molecule has 0 saturated carbocycles. The molecule has 1 rings (SSSR count). The fourth-order valence-corrected chi connectivity index (χ4v) is 0.781. The van der Waals surface area contributed by atoms with E-state index in [1.807, 2.05) is 0 Å². The van der Waals surface area contributed by atoms with Gasteiger partial charge in [0, 0.05) is 5.56 Å². The molecule has 5 heteroatoms. The Labute approximate surface area is 74.3 Å². The van der Waals surface area contributed by atoms with E-state index in [0.29, 0.717) is 17.5 Å². The van der Waals surface area contributed by atoms with Crippen LogP contribution >= 0.6 is 0 Å². The minimum Gasteiger partial charge on any atom is -0.348 e. The summed E-state index contributed by atoms with van der Waals surface area (Å²) in [6, 6.07) is 5.62. The lowest BCUT2D eigenvalue weighted by molar-refractivity contribution is 0.112. The Bertz CT molecular complexity index is 360. The number of amides is 2. The molecule has 13 heavy (non-hydrogen) atoms. The van der Waals surface area contributed by atoms with Crippen molar-refractivity contribution in [3.63, 3.8) is 0 Å². The molecule has 0 saturated heterocycles. The first-order valence-electron chi connectivity index (χ1n) is 3.49. The van der Waals surface area contributed by atoms with Gasteiger partial charge in [-0.2, -0.15) is 0 Å². The van der Waals surface area contributed by atoms with Crippen molar-refractivity contribution in [2.45, 2.75) is 0 Å². The maximum atomic E-state index is 10.5. The summed E-state index contributed by atoms with van der Waals surface area (Å²) in [5, 5.41) is 6.60. The molecule has 0 spiro atoms. The van der Waals surface area contributed by atoms with E-state index in [1.54, 1.807) is 24.3 Å². The Hall–Kier alpha value is -2.04. The number of hydrogen-bond donors (Lipinski definition) is 1. The van der Waals surface area contributed by atoms with Crippen molar-refractivity contribution in [3.05, 3.63) is 29.8 Å². The first-order valence-corrected chi connectivity index (χ1v) is 3.49. The molecule has 0 aliphatic heterocycles. The summed E-state index contributed by atoms with van der Waals surface area (Å²) >= 11 is 0. The molecule has 0 atom stereocenters. The number of hydrogen-bond acceptors (Lipinski definition) is 3. The van der Waals surface area contributed by atoms with Crippen molar-refractivity contribution in [1.29, 1.82) is 0 Å². The predicted molar refractivity (Wildman–Crippen MR) is 45.9 cm³/mol. The predicted octanol–water partition coefficient (Wildman–Crippen LogP) is 1.66. The second-order valence-electron chi connectivity index (χ2n) is 2.21. The van der Waals surface area contributed by atoms with Crippen LogP contribution in [0.3, 0.4) is 0 Å². The Balaban J connectivity index is 3.00. The first-order chi connectivity index (χ1) is 6.24. The van der Waals surface area contributed by atoms with Gasteiger partial charge < -0.3 is 5.73 Å². The highest BCUT2D eigenvalue weighted by Gasteiger charge is 1.97. The van der Waals surface area contributed by atoms with E-state index in [9.17, 15) is 9.59 Å². The number of aldehydes is 1. The molecular formula is C8H7N3O2. The number of benzene rings is 1. The van der Waals surface area contributed by atoms with Crippen LogP contribution in [0.4, 0.5) is 10.5 Å². The molecule has 1 aromatic carbocycles. The molecule has 2 amide bonds. The normalized spacial score (nSPS) is 10.2. The van der Waals surface area contributed by atoms with Gasteiger partial charge in [0.1, 0.15) is 0 Å². The Morgan fingerprint density at radius 3 is 2.69 bits per heavy atom. The fraction of sp³-hybridized carbons (Fsp3) is 0. The third kappa shape index (κ3) is 2.48. The summed E-state index contributed by atoms with van der Waals surface area (Å²) < 4.78 is 0. The number of rotatable bonds is 2. The molecule has 0 fully saturated rings. The molecule has 66 valence electrons. The van der Waals surface area contributed by atoms with Crippen molar-refractivity contribution in [3.8, 4) is 0 Å². The van der Waals surface area contributed by atoms with E-state index in [-0.39, 0.29) is 0 Å². The van der Waals surface area contributed by atoms with Gasteiger partial charge in [-0.3, -0.25) is 4.79 Å². The highest BCUT2D eigenvalue weighted by atomic mass is 16.2. The van der Waals surface area contributed by atoms with E-state index in [1.165, 1.54) is 0 Å². The summed E-state index contributed by atoms with van der Waals surface area (Å²) in [7, 11) is 0. The van der Waals surface area contributed by atoms with Crippen LogP contribution < -0.4 is 5.73 Å². The zero-order valence-corrected chi connectivity index (χ0v) is 6.68. The Morgan fingerprint density at radius 1 is 1.38 bits per heavy atom. The van der Waals surface area contributed by atoms with Crippen molar-refractivity contribution < 1.29 is 9.59 Å². The molecule has 0 radical (unpaired) electrons. The molecule has 0 aliphatic rings. The summed E-state index contributed by atoms with van der Waals surface area (Å²) in [5.74, 6) is 0. The van der Waals surface area contributed by atoms with Crippen molar-refractivity contribution in [1.82, 2.24) is 0 Å². The summed E-state index contributed by atoms with van der Waals surface area (Å²) in [5.41, 5.74) is 5.44. The molecule has 0 bridgehead atoms. The molecule has 0 unspecified atom stereocenters. The van der Waals surface area contributed by atoms with Gasteiger partial charge in [0.05, 0.1) is 5.69 Å². The van der Waals surface area contributed by atoms with Crippen LogP contribution in [0.1, 0.15) is 10.4 Å². The van der Waals surface area contributed by atoms with Gasteiger partial charge in [0.15, 0.2) is 6.29 Å². The monoisotopic (exact) mass is 177 g/mol. The topological polar surface area (TPSA) is 84.9 Å². The van der Waals surface area contributed by atoms with Crippen LogP contribution in [-0.2, 0) is 0 Å². The van der Waals surface area contributed by atoms with Gasteiger partial charge in [-0.1, -0.05) is 17.2 Å². The lowest BCUT2D eigenvalue weighted by Crippen LogP contribution is -2.02. The molecule has 5 nitrogen and oxygen atoms in total. The third-order valence-corrected chi connectivity index (χ3v) is 1.32. The second kappa shape index (κ2) is 4.10. The summed E-state index contributed by atoms with van der Waals surface area (Å²) in [6.07, 6.45) is 0.634. The van der Waals surface area contributed by atoms with Gasteiger partial charge in [-0.25, -0.2) is 4.79 Å². The molecule has 0 aliphatic carbocycles. The number of nitrogens with two attached hydrogens (primary N) is 1. The van der Waals surface area contributed by atoms with Gasteiger partial charge in [0.25, 0.3) is 0 Å². The number of carbonyl (C=O) groups is 2. The first kappa shape index (κ1) is 9.05. The van der Waals surface area contributed by atoms with Crippen LogP contribution in [-0.4, -0.2) is 12.3 Å². The highest BCUT2D eigenvalue weighted by molar-refractivity contribution is 5.83. The number of nitrogens with zero attached hydrogens (tertiary/aromatic N) is 2. The van der Waals surface area contributed by atoms with Gasteiger partial charge in [-0.15, -0.1) is 5.11 Å². The quantitative estimate of drug-likeness (QED) is 0.550. The Kier molecular flexibility index (Phi) is 2.86. The SMILES string of the molecule is NC(=O)N=Nc1ccccc1C=O. The minimum absolute atomic E-state index is 0.330. The van der Waals surface area contributed by atoms with Gasteiger partial charge >= 0.3 is 6.03 Å². The summed E-state index contributed by atoms with van der Waals surface area (Å²) in [4.78, 5) is 20.7. The number of azo groups is 1. The molecule has 0 heterocycles. The van der Waals surface area contributed by atoms with Gasteiger partial charge in [-0.05, 0) is 12.1 Å². The van der Waals surface area contributed by atoms with Gasteiger partial charge in [0.2, 0.25) is 0 Å². The van der Waals surface area contributed by atoms with E-state index < -0.39 is 6.03 Å². The fourth-order valence-electron chi connectivity index (χ4n) is 0.781. The van der Waals surface area contributed by atoms with Crippen LogP contribution in [0.15, 0.2) is 34.5 Å². The van der Waals surface area contributed by atoms with Crippen molar-refractivity contribution >= 4 is 18.0 Å². The average Bonchev–Trinajstić information content (AvgIpc) is 2.15. The highest BCUT2D eigenvalue weighted by Crippen LogP contribution is 2.16. The van der Waals surface area contributed by atoms with E-state index in [4.69, 9.17) is 5.73 Å². The lowest BCUT2D eigenvalue weighted by Gasteiger charge is -1.93. The zero-order chi connectivity index (χ0) is 9.68. The van der Waals surface area contributed by atoms with E-state index >= 15 is 0 Å². The lowest BCUT2D eigenvalue weighted by atomic mass is 10.2. The smallest absolute Gasteiger partial charge is 0.348 e. The number of carbonyl (C=O) groups excluding carboxylic acids is 2. The zero-order valence-electron chi connectivity index (χ0n) is 6.68. The molecule has 2 N–H and O–H groups in total. The second-order valence-corrected chi connectivity index (χ2v) is 2.21. The number of urea groups is 1. The number of primary amides is 1. The van der Waals surface area contributed by atoms with Crippen LogP contribution in [0.5, 0.6) is 0 Å². The van der Waals surface area contributed by atoms with Crippen LogP contribution in [0, 0.1) is 0 Å². The van der Waals surface area contributed by atoms with Crippen molar-refractivity contribution in [2.24, 2.45) is 16.0 Å². The standard InChI is InChI=1S/C8H7N3O2/c9-8(13)11-10-7-4-2-1-3-6(7)5-12/h1-5H,(H2,9,13). The summed E-state index contributed by atoms with van der Waals surface area (Å²) in [6.45, 7) is 0. The third-order valence-electron chi connectivity index (χ3n) is 1.32. The Morgan fingerprint density at radius 2 is 2.08 bits per heavy atom. The molecular weight excluding hydrogens is 170 g/mol. The minimum atomic E-state index is -0.888. The van der Waals surface area contributed by atoms with E-state index in [2.05, 4.69) is 10.2 Å². The average molecular weight is 177 g/mol. The van der Waals surface area contributed by atoms with E-state index in [0.717, 1.165) is 0 Å². The van der Waals surface area contributed by atoms with Crippen LogP contribution in [0.25, 0.3) is 0 Å².